The van der Waals surface area contributed by atoms with Gasteiger partial charge in [-0.05, 0) is 25.5 Å². The molecule has 0 aliphatic carbocycles. The van der Waals surface area contributed by atoms with Crippen LogP contribution in [0.2, 0.25) is 0 Å². The summed E-state index contributed by atoms with van der Waals surface area (Å²) in [5.74, 6) is 0.796. The quantitative estimate of drug-likeness (QED) is 0.680. The number of amides is 1. The SMILES string of the molecule is CCOc1cc(C)ccc1CNC(=O)CNCCOC.Cl. The van der Waals surface area contributed by atoms with Crippen LogP contribution >= 0.6 is 12.4 Å². The lowest BCUT2D eigenvalue weighted by Gasteiger charge is -2.12. The minimum Gasteiger partial charge on any atom is -0.494 e. The molecule has 0 radical (unpaired) electrons. The molecule has 21 heavy (non-hydrogen) atoms. The van der Waals surface area contributed by atoms with E-state index in [-0.39, 0.29) is 18.3 Å². The summed E-state index contributed by atoms with van der Waals surface area (Å²) < 4.78 is 10.5. The maximum Gasteiger partial charge on any atom is 0.234 e. The summed E-state index contributed by atoms with van der Waals surface area (Å²) in [6.45, 7) is 6.61. The van der Waals surface area contributed by atoms with Gasteiger partial charge in [0.1, 0.15) is 5.75 Å². The second-order valence-corrected chi connectivity index (χ2v) is 4.49. The van der Waals surface area contributed by atoms with E-state index in [4.69, 9.17) is 9.47 Å². The molecule has 0 fully saturated rings. The molecule has 0 aromatic heterocycles. The Hall–Kier alpha value is -1.30. The van der Waals surface area contributed by atoms with Gasteiger partial charge in [-0.25, -0.2) is 0 Å². The van der Waals surface area contributed by atoms with Crippen molar-refractivity contribution in [3.8, 4) is 5.75 Å². The molecule has 1 aromatic rings. The highest BCUT2D eigenvalue weighted by atomic mass is 35.5. The first-order valence-electron chi connectivity index (χ1n) is 6.86. The van der Waals surface area contributed by atoms with E-state index < -0.39 is 0 Å². The van der Waals surface area contributed by atoms with Gasteiger partial charge < -0.3 is 20.1 Å². The zero-order chi connectivity index (χ0) is 14.8. The van der Waals surface area contributed by atoms with Crippen LogP contribution in [0.4, 0.5) is 0 Å². The summed E-state index contributed by atoms with van der Waals surface area (Å²) in [6, 6.07) is 5.99. The zero-order valence-electron chi connectivity index (χ0n) is 12.9. The third-order valence-electron chi connectivity index (χ3n) is 2.77. The number of ether oxygens (including phenoxy) is 2. The van der Waals surface area contributed by atoms with Crippen molar-refractivity contribution in [1.82, 2.24) is 10.6 Å². The number of benzene rings is 1. The fourth-order valence-corrected chi connectivity index (χ4v) is 1.73. The van der Waals surface area contributed by atoms with Gasteiger partial charge in [0.2, 0.25) is 5.91 Å². The maximum atomic E-state index is 11.7. The van der Waals surface area contributed by atoms with Crippen molar-refractivity contribution in [2.45, 2.75) is 20.4 Å². The van der Waals surface area contributed by atoms with E-state index in [1.165, 1.54) is 0 Å². The van der Waals surface area contributed by atoms with Crippen LogP contribution < -0.4 is 15.4 Å². The molecule has 0 aliphatic rings. The van der Waals surface area contributed by atoms with Gasteiger partial charge in [0.05, 0.1) is 19.8 Å². The molecule has 0 spiro atoms. The van der Waals surface area contributed by atoms with E-state index in [1.807, 2.05) is 32.0 Å². The van der Waals surface area contributed by atoms with Crippen LogP contribution in [0.3, 0.4) is 0 Å². The van der Waals surface area contributed by atoms with E-state index in [9.17, 15) is 4.79 Å². The fraction of sp³-hybridized carbons (Fsp3) is 0.533. The molecular formula is C15H25ClN2O3. The molecule has 1 amide bonds. The molecule has 5 nitrogen and oxygen atoms in total. The average Bonchev–Trinajstić information content (AvgIpc) is 2.43. The van der Waals surface area contributed by atoms with Crippen LogP contribution in [-0.2, 0) is 16.1 Å². The first kappa shape index (κ1) is 19.7. The largest absolute Gasteiger partial charge is 0.494 e. The zero-order valence-corrected chi connectivity index (χ0v) is 13.7. The Balaban J connectivity index is 0.00000400. The highest BCUT2D eigenvalue weighted by Crippen LogP contribution is 2.20. The van der Waals surface area contributed by atoms with Gasteiger partial charge in [0, 0.05) is 25.8 Å². The third kappa shape index (κ3) is 7.90. The number of carbonyl (C=O) groups excluding carboxylic acids is 1. The number of hydrogen-bond acceptors (Lipinski definition) is 4. The number of halogens is 1. The van der Waals surface area contributed by atoms with Crippen molar-refractivity contribution < 1.29 is 14.3 Å². The molecular weight excluding hydrogens is 292 g/mol. The lowest BCUT2D eigenvalue weighted by molar-refractivity contribution is -0.120. The summed E-state index contributed by atoms with van der Waals surface area (Å²) in [5, 5.41) is 5.87. The Kier molecular flexibility index (Phi) is 10.7. The summed E-state index contributed by atoms with van der Waals surface area (Å²) in [6.07, 6.45) is 0. The summed E-state index contributed by atoms with van der Waals surface area (Å²) in [4.78, 5) is 11.7. The fourth-order valence-electron chi connectivity index (χ4n) is 1.73. The van der Waals surface area contributed by atoms with E-state index in [0.29, 0.717) is 32.8 Å². The first-order valence-corrected chi connectivity index (χ1v) is 6.86. The van der Waals surface area contributed by atoms with Crippen LogP contribution in [0.15, 0.2) is 18.2 Å². The summed E-state index contributed by atoms with van der Waals surface area (Å²) in [7, 11) is 1.63. The van der Waals surface area contributed by atoms with Crippen LogP contribution in [0.25, 0.3) is 0 Å². The maximum absolute atomic E-state index is 11.7. The van der Waals surface area contributed by atoms with E-state index >= 15 is 0 Å². The molecule has 2 N–H and O–H groups in total. The molecule has 0 saturated heterocycles. The summed E-state index contributed by atoms with van der Waals surface area (Å²) in [5.41, 5.74) is 2.13. The van der Waals surface area contributed by atoms with Crippen molar-refractivity contribution in [3.05, 3.63) is 29.3 Å². The van der Waals surface area contributed by atoms with Crippen molar-refractivity contribution in [1.29, 1.82) is 0 Å². The molecule has 0 heterocycles. The second-order valence-electron chi connectivity index (χ2n) is 4.49. The molecule has 0 saturated carbocycles. The minimum atomic E-state index is -0.0378. The number of carbonyl (C=O) groups is 1. The monoisotopic (exact) mass is 316 g/mol. The van der Waals surface area contributed by atoms with Crippen LogP contribution in [0.1, 0.15) is 18.1 Å². The number of rotatable bonds is 9. The molecule has 6 heteroatoms. The van der Waals surface area contributed by atoms with E-state index in [1.54, 1.807) is 7.11 Å². The lowest BCUT2D eigenvalue weighted by Crippen LogP contribution is -2.34. The van der Waals surface area contributed by atoms with Crippen molar-refractivity contribution in [3.63, 3.8) is 0 Å². The van der Waals surface area contributed by atoms with E-state index in [0.717, 1.165) is 16.9 Å². The molecule has 120 valence electrons. The Morgan fingerprint density at radius 2 is 2.10 bits per heavy atom. The van der Waals surface area contributed by atoms with Gasteiger partial charge in [0.25, 0.3) is 0 Å². The van der Waals surface area contributed by atoms with Crippen LogP contribution in [-0.4, -0.2) is 39.3 Å². The van der Waals surface area contributed by atoms with Crippen LogP contribution in [0, 0.1) is 6.92 Å². The predicted molar refractivity (Wildman–Crippen MR) is 86.2 cm³/mol. The Labute approximate surface area is 132 Å². The van der Waals surface area contributed by atoms with Gasteiger partial charge in [-0.1, -0.05) is 12.1 Å². The Bertz CT molecular complexity index is 427. The summed E-state index contributed by atoms with van der Waals surface area (Å²) >= 11 is 0. The van der Waals surface area contributed by atoms with Gasteiger partial charge in [-0.15, -0.1) is 12.4 Å². The molecule has 0 atom stereocenters. The normalized spacial score (nSPS) is 9.86. The first-order chi connectivity index (χ1) is 9.67. The standard InChI is InChI=1S/C15H24N2O3.ClH/c1-4-20-14-9-12(2)5-6-13(14)10-17-15(18)11-16-7-8-19-3;/h5-6,9,16H,4,7-8,10-11H2,1-3H3,(H,17,18);1H. The van der Waals surface area contributed by atoms with Gasteiger partial charge in [-0.3, -0.25) is 4.79 Å². The molecule has 1 rings (SSSR count). The highest BCUT2D eigenvalue weighted by molar-refractivity contribution is 5.85. The van der Waals surface area contributed by atoms with Crippen molar-refractivity contribution >= 4 is 18.3 Å². The number of nitrogens with one attached hydrogen (secondary N) is 2. The molecule has 0 aliphatic heterocycles. The van der Waals surface area contributed by atoms with Crippen LogP contribution in [0.5, 0.6) is 5.75 Å². The van der Waals surface area contributed by atoms with Gasteiger partial charge in [-0.2, -0.15) is 0 Å². The second kappa shape index (κ2) is 11.4. The lowest BCUT2D eigenvalue weighted by atomic mass is 10.1. The Morgan fingerprint density at radius 1 is 1.33 bits per heavy atom. The highest BCUT2D eigenvalue weighted by Gasteiger charge is 2.06. The Morgan fingerprint density at radius 3 is 2.76 bits per heavy atom. The number of aryl methyl sites for hydroxylation is 1. The average molecular weight is 317 g/mol. The predicted octanol–water partition coefficient (Wildman–Crippen LogP) is 1.67. The van der Waals surface area contributed by atoms with Crippen molar-refractivity contribution in [2.24, 2.45) is 0 Å². The minimum absolute atomic E-state index is 0. The smallest absolute Gasteiger partial charge is 0.234 e. The third-order valence-corrected chi connectivity index (χ3v) is 2.77. The molecule has 0 bridgehead atoms. The number of hydrogen-bond donors (Lipinski definition) is 2. The van der Waals surface area contributed by atoms with Gasteiger partial charge >= 0.3 is 0 Å². The number of methoxy groups -OCH3 is 1. The molecule has 1 aromatic carbocycles. The molecule has 0 unspecified atom stereocenters. The van der Waals surface area contributed by atoms with E-state index in [2.05, 4.69) is 10.6 Å². The topological polar surface area (TPSA) is 59.6 Å². The van der Waals surface area contributed by atoms with Crippen molar-refractivity contribution in [2.75, 3.05) is 33.4 Å². The van der Waals surface area contributed by atoms with Gasteiger partial charge in [0.15, 0.2) is 0 Å².